The van der Waals surface area contributed by atoms with E-state index in [2.05, 4.69) is 34.9 Å². The van der Waals surface area contributed by atoms with Crippen LogP contribution in [0.25, 0.3) is 0 Å². The molecule has 0 aromatic carbocycles. The van der Waals surface area contributed by atoms with Crippen molar-refractivity contribution in [1.29, 1.82) is 0 Å². The van der Waals surface area contributed by atoms with Crippen LogP contribution in [0.4, 0.5) is 4.39 Å². The van der Waals surface area contributed by atoms with Crippen molar-refractivity contribution in [1.82, 2.24) is 9.78 Å². The first-order chi connectivity index (χ1) is 6.11. The molecule has 1 atom stereocenters. The zero-order valence-electron chi connectivity index (χ0n) is 7.72. The van der Waals surface area contributed by atoms with Crippen molar-refractivity contribution in [2.24, 2.45) is 0 Å². The fourth-order valence-electron chi connectivity index (χ4n) is 1.85. The lowest BCUT2D eigenvalue weighted by Gasteiger charge is -2.08. The molecule has 0 spiro atoms. The monoisotopic (exact) mass is 246 g/mol. The van der Waals surface area contributed by atoms with Gasteiger partial charge in [0.2, 0.25) is 0 Å². The van der Waals surface area contributed by atoms with Crippen molar-refractivity contribution < 1.29 is 4.39 Å². The van der Waals surface area contributed by atoms with Crippen molar-refractivity contribution in [2.45, 2.75) is 38.9 Å². The summed E-state index contributed by atoms with van der Waals surface area (Å²) >= 11 is 3.30. The van der Waals surface area contributed by atoms with E-state index in [9.17, 15) is 4.39 Å². The summed E-state index contributed by atoms with van der Waals surface area (Å²) in [6, 6.07) is 0.311. The van der Waals surface area contributed by atoms with Crippen molar-refractivity contribution in [3.05, 3.63) is 15.9 Å². The smallest absolute Gasteiger partial charge is 0.134 e. The second kappa shape index (κ2) is 3.08. The van der Waals surface area contributed by atoms with Gasteiger partial charge in [0.1, 0.15) is 10.8 Å². The van der Waals surface area contributed by atoms with E-state index in [4.69, 9.17) is 0 Å². The molecule has 1 aliphatic rings. The summed E-state index contributed by atoms with van der Waals surface area (Å²) in [5, 5.41) is 4.28. The fourth-order valence-corrected chi connectivity index (χ4v) is 2.49. The Hall–Kier alpha value is -0.380. The minimum absolute atomic E-state index is 0.311. The molecule has 2 rings (SSSR count). The van der Waals surface area contributed by atoms with E-state index >= 15 is 0 Å². The molecule has 0 radical (unpaired) electrons. The Kier molecular flexibility index (Phi) is 2.18. The van der Waals surface area contributed by atoms with Crippen LogP contribution in [0.2, 0.25) is 0 Å². The molecule has 0 N–H and O–H groups in total. The van der Waals surface area contributed by atoms with Crippen molar-refractivity contribution >= 4 is 15.9 Å². The van der Waals surface area contributed by atoms with E-state index in [1.165, 1.54) is 0 Å². The Labute approximate surface area is 85.3 Å². The molecule has 4 heteroatoms. The van der Waals surface area contributed by atoms with Crippen LogP contribution in [0.3, 0.4) is 0 Å². The topological polar surface area (TPSA) is 17.8 Å². The van der Waals surface area contributed by atoms with Gasteiger partial charge >= 0.3 is 0 Å². The summed E-state index contributed by atoms with van der Waals surface area (Å²) < 4.78 is 16.0. The van der Waals surface area contributed by atoms with E-state index in [0.717, 1.165) is 17.7 Å². The molecule has 72 valence electrons. The van der Waals surface area contributed by atoms with Crippen LogP contribution in [0, 0.1) is 0 Å². The second-order valence-corrected chi connectivity index (χ2v) is 4.45. The van der Waals surface area contributed by atoms with E-state index < -0.39 is 6.17 Å². The summed E-state index contributed by atoms with van der Waals surface area (Å²) in [6.07, 6.45) is 0.600. The van der Waals surface area contributed by atoms with Gasteiger partial charge in [0.15, 0.2) is 0 Å². The Morgan fingerprint density at radius 2 is 2.31 bits per heavy atom. The molecule has 0 bridgehead atoms. The fraction of sp³-hybridized carbons (Fsp3) is 0.667. The van der Waals surface area contributed by atoms with Crippen molar-refractivity contribution in [3.8, 4) is 0 Å². The highest BCUT2D eigenvalue weighted by Gasteiger charge is 2.30. The quantitative estimate of drug-likeness (QED) is 0.745. The minimum atomic E-state index is -0.822. The molecule has 0 saturated heterocycles. The lowest BCUT2D eigenvalue weighted by atomic mass is 10.2. The Bertz CT molecular complexity index is 333. The first-order valence-corrected chi connectivity index (χ1v) is 5.31. The van der Waals surface area contributed by atoms with E-state index in [0.29, 0.717) is 17.1 Å². The molecule has 0 fully saturated rings. The molecule has 1 unspecified atom stereocenters. The normalized spacial score (nSPS) is 21.2. The SMILES string of the molecule is CC(C)n1nc(Br)c2c1CCC2F. The molecule has 1 aromatic heterocycles. The molecule has 1 heterocycles. The molecule has 0 amide bonds. The number of aromatic nitrogens is 2. The number of halogens is 2. The first kappa shape index (κ1) is 9.19. The molecular formula is C9H12BrFN2. The van der Waals surface area contributed by atoms with Gasteiger partial charge in [0.05, 0.1) is 0 Å². The van der Waals surface area contributed by atoms with Crippen LogP contribution < -0.4 is 0 Å². The van der Waals surface area contributed by atoms with Gasteiger partial charge in [-0.05, 0) is 42.6 Å². The van der Waals surface area contributed by atoms with Gasteiger partial charge in [-0.2, -0.15) is 5.10 Å². The van der Waals surface area contributed by atoms with E-state index in [1.807, 2.05) is 4.68 Å². The lowest BCUT2D eigenvalue weighted by Crippen LogP contribution is -2.06. The van der Waals surface area contributed by atoms with Crippen LogP contribution in [0.5, 0.6) is 0 Å². The van der Waals surface area contributed by atoms with Gasteiger partial charge < -0.3 is 0 Å². The first-order valence-electron chi connectivity index (χ1n) is 4.52. The maximum Gasteiger partial charge on any atom is 0.134 e. The number of fused-ring (bicyclic) bond motifs is 1. The summed E-state index contributed by atoms with van der Waals surface area (Å²) in [5.74, 6) is 0. The third kappa shape index (κ3) is 1.31. The van der Waals surface area contributed by atoms with Crippen LogP contribution in [0.15, 0.2) is 4.60 Å². The predicted molar refractivity (Wildman–Crippen MR) is 52.5 cm³/mol. The number of alkyl halides is 1. The summed E-state index contributed by atoms with van der Waals surface area (Å²) in [5.41, 5.74) is 1.84. The third-order valence-corrected chi connectivity index (χ3v) is 3.03. The van der Waals surface area contributed by atoms with Crippen molar-refractivity contribution in [2.75, 3.05) is 0 Å². The average molecular weight is 247 g/mol. The average Bonchev–Trinajstić information content (AvgIpc) is 2.55. The van der Waals surface area contributed by atoms with Gasteiger partial charge in [0.25, 0.3) is 0 Å². The molecule has 1 aliphatic carbocycles. The zero-order valence-corrected chi connectivity index (χ0v) is 9.31. The van der Waals surface area contributed by atoms with Crippen LogP contribution in [-0.4, -0.2) is 9.78 Å². The summed E-state index contributed by atoms with van der Waals surface area (Å²) in [6.45, 7) is 4.12. The Morgan fingerprint density at radius 1 is 1.62 bits per heavy atom. The molecule has 1 aromatic rings. The van der Waals surface area contributed by atoms with E-state index in [1.54, 1.807) is 0 Å². The Morgan fingerprint density at radius 3 is 2.92 bits per heavy atom. The van der Waals surface area contributed by atoms with Gasteiger partial charge in [-0.1, -0.05) is 0 Å². The molecule has 0 aliphatic heterocycles. The maximum atomic E-state index is 13.4. The molecule has 13 heavy (non-hydrogen) atoms. The lowest BCUT2D eigenvalue weighted by molar-refractivity contribution is 0.341. The van der Waals surface area contributed by atoms with Gasteiger partial charge in [-0.25, -0.2) is 4.39 Å². The second-order valence-electron chi connectivity index (χ2n) is 3.70. The number of rotatable bonds is 1. The van der Waals surface area contributed by atoms with E-state index in [-0.39, 0.29) is 0 Å². The molecule has 0 saturated carbocycles. The summed E-state index contributed by atoms with van der Waals surface area (Å²) in [7, 11) is 0. The molecule has 2 nitrogen and oxygen atoms in total. The standard InChI is InChI=1S/C9H12BrFN2/c1-5(2)13-7-4-3-6(11)8(7)9(10)12-13/h5-6H,3-4H2,1-2H3. The highest BCUT2D eigenvalue weighted by Crippen LogP contribution is 2.39. The van der Waals surface area contributed by atoms with Crippen LogP contribution in [-0.2, 0) is 6.42 Å². The van der Waals surface area contributed by atoms with Crippen LogP contribution in [0.1, 0.15) is 43.7 Å². The van der Waals surface area contributed by atoms with Crippen molar-refractivity contribution in [3.63, 3.8) is 0 Å². The third-order valence-electron chi connectivity index (χ3n) is 2.44. The highest BCUT2D eigenvalue weighted by atomic mass is 79.9. The number of hydrogen-bond donors (Lipinski definition) is 0. The minimum Gasteiger partial charge on any atom is -0.266 e. The van der Waals surface area contributed by atoms with Crippen LogP contribution >= 0.6 is 15.9 Å². The molecular weight excluding hydrogens is 235 g/mol. The van der Waals surface area contributed by atoms with Gasteiger partial charge in [-0.3, -0.25) is 4.68 Å². The number of hydrogen-bond acceptors (Lipinski definition) is 1. The largest absolute Gasteiger partial charge is 0.266 e. The highest BCUT2D eigenvalue weighted by molar-refractivity contribution is 9.10. The van der Waals surface area contributed by atoms with Gasteiger partial charge in [-0.15, -0.1) is 0 Å². The maximum absolute atomic E-state index is 13.4. The zero-order chi connectivity index (χ0) is 9.59. The van der Waals surface area contributed by atoms with Gasteiger partial charge in [0, 0.05) is 17.3 Å². The number of nitrogens with zero attached hydrogens (tertiary/aromatic N) is 2. The Balaban J connectivity index is 2.52. The predicted octanol–water partition coefficient (Wildman–Crippen LogP) is 3.18. The summed E-state index contributed by atoms with van der Waals surface area (Å²) in [4.78, 5) is 0.